The summed E-state index contributed by atoms with van der Waals surface area (Å²) < 4.78 is 0. The lowest BCUT2D eigenvalue weighted by Gasteiger charge is -2.33. The third-order valence-corrected chi connectivity index (χ3v) is 15.8. The van der Waals surface area contributed by atoms with Crippen LogP contribution in [0.4, 0.5) is 34.1 Å². The van der Waals surface area contributed by atoms with Gasteiger partial charge in [0.2, 0.25) is 0 Å². The lowest BCUT2D eigenvalue weighted by atomic mass is 9.70. The van der Waals surface area contributed by atoms with Crippen LogP contribution in [0, 0.1) is 0 Å². The molecule has 0 aromatic heterocycles. The van der Waals surface area contributed by atoms with Gasteiger partial charge in [-0.15, -0.1) is 0 Å². The second-order valence-electron chi connectivity index (χ2n) is 21.3. The molecule has 10 aromatic rings. The van der Waals surface area contributed by atoms with Crippen molar-refractivity contribution in [2.45, 2.75) is 84.5 Å². The summed E-state index contributed by atoms with van der Waals surface area (Å²) in [5.41, 5.74) is 22.2. The molecule has 1 spiro atoms. The van der Waals surface area contributed by atoms with Crippen LogP contribution in [0.2, 0.25) is 0 Å². The summed E-state index contributed by atoms with van der Waals surface area (Å²) >= 11 is 0. The fourth-order valence-electron chi connectivity index (χ4n) is 11.9. The molecule has 0 atom stereocenters. The van der Waals surface area contributed by atoms with Crippen molar-refractivity contribution >= 4 is 55.7 Å². The summed E-state index contributed by atoms with van der Waals surface area (Å²) in [5, 5.41) is 4.94. The normalized spacial score (nSPS) is 13.1. The standard InChI is InChI=1S/C69H62N2/c1-43(2)47-21-30-53(31-22-47)70(54-32-23-48(24-33-54)44(3)4)57-38-29-51-40-62-65(41-52(51)39-57)69(63-19-13-11-15-58(63)59-16-12-14-20-64(59)69)66-42-67(60-17-9-10-18-61(60)68(62)66)71(55-34-25-49(26-35-55)45(5)6)56-36-27-50(28-37-56)46(7)8/h9-46H,1-8H3. The van der Waals surface area contributed by atoms with Gasteiger partial charge < -0.3 is 9.80 Å². The van der Waals surface area contributed by atoms with E-state index in [1.54, 1.807) is 0 Å². The van der Waals surface area contributed by atoms with Crippen molar-refractivity contribution < 1.29 is 0 Å². The van der Waals surface area contributed by atoms with Crippen molar-refractivity contribution in [2.75, 3.05) is 9.80 Å². The Hall–Kier alpha value is -7.68. The molecule has 0 aliphatic heterocycles. The number of rotatable bonds is 10. The zero-order valence-electron chi connectivity index (χ0n) is 42.3. The summed E-state index contributed by atoms with van der Waals surface area (Å²) in [4.78, 5) is 4.94. The van der Waals surface area contributed by atoms with Gasteiger partial charge in [0.15, 0.2) is 0 Å². The van der Waals surface area contributed by atoms with Gasteiger partial charge in [0.1, 0.15) is 0 Å². The molecule has 2 heteroatoms. The van der Waals surface area contributed by atoms with Crippen LogP contribution in [-0.2, 0) is 5.41 Å². The Morgan fingerprint density at radius 2 is 0.704 bits per heavy atom. The van der Waals surface area contributed by atoms with E-state index in [2.05, 4.69) is 271 Å². The average Bonchev–Trinajstić information content (AvgIpc) is 3.85. The third-order valence-electron chi connectivity index (χ3n) is 15.8. The van der Waals surface area contributed by atoms with Gasteiger partial charge in [-0.2, -0.15) is 0 Å². The Bertz CT molecular complexity index is 3480. The van der Waals surface area contributed by atoms with E-state index in [0.29, 0.717) is 23.7 Å². The number of fused-ring (bicyclic) bond motifs is 13. The largest absolute Gasteiger partial charge is 0.310 e. The van der Waals surface area contributed by atoms with Gasteiger partial charge in [0.05, 0.1) is 11.1 Å². The first-order chi connectivity index (χ1) is 34.5. The molecule has 2 aliphatic rings. The predicted molar refractivity (Wildman–Crippen MR) is 303 cm³/mol. The predicted octanol–water partition coefficient (Wildman–Crippen LogP) is 19.8. The van der Waals surface area contributed by atoms with Crippen molar-refractivity contribution in [1.82, 2.24) is 0 Å². The van der Waals surface area contributed by atoms with Crippen LogP contribution in [0.3, 0.4) is 0 Å². The molecule has 0 radical (unpaired) electrons. The van der Waals surface area contributed by atoms with Gasteiger partial charge in [-0.25, -0.2) is 0 Å². The van der Waals surface area contributed by atoms with Gasteiger partial charge in [-0.1, -0.05) is 183 Å². The minimum absolute atomic E-state index is 0.437. The van der Waals surface area contributed by atoms with Gasteiger partial charge in [-0.05, 0) is 185 Å². The monoisotopic (exact) mass is 918 g/mol. The molecule has 0 bridgehead atoms. The molecule has 10 aromatic carbocycles. The number of hydrogen-bond acceptors (Lipinski definition) is 2. The Kier molecular flexibility index (Phi) is 10.9. The molecule has 0 saturated heterocycles. The van der Waals surface area contributed by atoms with E-state index in [4.69, 9.17) is 0 Å². The van der Waals surface area contributed by atoms with Crippen molar-refractivity contribution in [3.05, 3.63) is 251 Å². The van der Waals surface area contributed by atoms with Crippen molar-refractivity contribution in [3.8, 4) is 22.3 Å². The van der Waals surface area contributed by atoms with E-state index in [9.17, 15) is 0 Å². The maximum absolute atomic E-state index is 2.57. The maximum Gasteiger partial charge on any atom is 0.0726 e. The quantitative estimate of drug-likeness (QED) is 0.135. The highest BCUT2D eigenvalue weighted by atomic mass is 15.1. The van der Waals surface area contributed by atoms with Crippen LogP contribution < -0.4 is 9.80 Å². The van der Waals surface area contributed by atoms with Crippen LogP contribution >= 0.6 is 0 Å². The van der Waals surface area contributed by atoms with E-state index in [0.717, 1.165) is 28.4 Å². The Morgan fingerprint density at radius 3 is 1.17 bits per heavy atom. The first-order valence-electron chi connectivity index (χ1n) is 25.9. The van der Waals surface area contributed by atoms with Gasteiger partial charge in [-0.3, -0.25) is 0 Å². The Labute approximate surface area is 420 Å². The van der Waals surface area contributed by atoms with E-state index in [1.807, 2.05) is 0 Å². The summed E-state index contributed by atoms with van der Waals surface area (Å²) in [6, 6.07) is 79.2. The number of benzene rings is 10. The molecule has 348 valence electrons. The van der Waals surface area contributed by atoms with Crippen LogP contribution in [0.5, 0.6) is 0 Å². The van der Waals surface area contributed by atoms with Gasteiger partial charge >= 0.3 is 0 Å². The van der Waals surface area contributed by atoms with Crippen molar-refractivity contribution in [3.63, 3.8) is 0 Å². The first-order valence-corrected chi connectivity index (χ1v) is 25.9. The van der Waals surface area contributed by atoms with Crippen LogP contribution in [0.15, 0.2) is 206 Å². The third kappa shape index (κ3) is 7.13. The van der Waals surface area contributed by atoms with E-state index in [-0.39, 0.29) is 0 Å². The number of anilines is 6. The summed E-state index contributed by atoms with van der Waals surface area (Å²) in [7, 11) is 0. The molecule has 12 rings (SSSR count). The molecular formula is C69H62N2. The SMILES string of the molecule is CC(C)c1ccc(N(c2ccc(C(C)C)cc2)c2ccc3cc4c(cc3c2)C2(c3ccccc3-c3ccccc32)c2cc(N(c3ccc(C(C)C)cc3)c3ccc(C(C)C)cc3)c3ccccc3c2-4)cc1. The molecule has 0 saturated carbocycles. The van der Waals surface area contributed by atoms with Crippen molar-refractivity contribution in [1.29, 1.82) is 0 Å². The zero-order chi connectivity index (χ0) is 48.7. The molecule has 0 unspecified atom stereocenters. The molecule has 0 fully saturated rings. The van der Waals surface area contributed by atoms with Gasteiger partial charge in [0.25, 0.3) is 0 Å². The second kappa shape index (κ2) is 17.3. The van der Waals surface area contributed by atoms with Crippen LogP contribution in [0.1, 0.15) is 124 Å². The minimum atomic E-state index is -0.575. The summed E-state index contributed by atoms with van der Waals surface area (Å²) in [6.07, 6.45) is 0. The van der Waals surface area contributed by atoms with Crippen LogP contribution in [-0.4, -0.2) is 0 Å². The molecular weight excluding hydrogens is 857 g/mol. The van der Waals surface area contributed by atoms with Crippen LogP contribution in [0.25, 0.3) is 43.8 Å². The topological polar surface area (TPSA) is 6.48 Å². The second-order valence-corrected chi connectivity index (χ2v) is 21.3. The highest BCUT2D eigenvalue weighted by Gasteiger charge is 2.52. The maximum atomic E-state index is 2.57. The fraction of sp³-hybridized carbons (Fsp3) is 0.188. The molecule has 71 heavy (non-hydrogen) atoms. The van der Waals surface area contributed by atoms with E-state index < -0.39 is 5.41 Å². The lowest BCUT2D eigenvalue weighted by molar-refractivity contribution is 0.795. The Morgan fingerprint density at radius 1 is 0.296 bits per heavy atom. The first kappa shape index (κ1) is 44.5. The lowest BCUT2D eigenvalue weighted by Crippen LogP contribution is -2.26. The number of nitrogens with zero attached hydrogens (tertiary/aromatic N) is 2. The zero-order valence-corrected chi connectivity index (χ0v) is 42.3. The summed E-state index contributed by atoms with van der Waals surface area (Å²) in [5.74, 6) is 1.78. The highest BCUT2D eigenvalue weighted by molar-refractivity contribution is 6.13. The summed E-state index contributed by atoms with van der Waals surface area (Å²) in [6.45, 7) is 18.2. The van der Waals surface area contributed by atoms with Gasteiger partial charge in [0, 0.05) is 33.8 Å². The smallest absolute Gasteiger partial charge is 0.0726 e. The number of hydrogen-bond donors (Lipinski definition) is 0. The van der Waals surface area contributed by atoms with E-state index >= 15 is 0 Å². The minimum Gasteiger partial charge on any atom is -0.310 e. The fourth-order valence-corrected chi connectivity index (χ4v) is 11.9. The molecule has 0 heterocycles. The molecule has 0 amide bonds. The molecule has 2 nitrogen and oxygen atoms in total. The van der Waals surface area contributed by atoms with E-state index in [1.165, 1.54) is 94.0 Å². The molecule has 2 aliphatic carbocycles. The molecule has 0 N–H and O–H groups in total. The average molecular weight is 919 g/mol. The Balaban J connectivity index is 1.13. The highest BCUT2D eigenvalue weighted by Crippen LogP contribution is 2.65. The van der Waals surface area contributed by atoms with Crippen molar-refractivity contribution in [2.24, 2.45) is 0 Å².